The van der Waals surface area contributed by atoms with Gasteiger partial charge in [0.25, 0.3) is 5.91 Å². The fourth-order valence-corrected chi connectivity index (χ4v) is 3.53. The second-order valence-corrected chi connectivity index (χ2v) is 6.27. The summed E-state index contributed by atoms with van der Waals surface area (Å²) < 4.78 is 0. The molecule has 0 spiro atoms. The Bertz CT molecular complexity index is 936. The quantitative estimate of drug-likeness (QED) is 0.661. The summed E-state index contributed by atoms with van der Waals surface area (Å²) in [5.41, 5.74) is 3.33. The fourth-order valence-electron chi connectivity index (χ4n) is 3.53. The van der Waals surface area contributed by atoms with Crippen LogP contribution in [-0.2, 0) is 0 Å². The molecule has 1 atom stereocenters. The van der Waals surface area contributed by atoms with Crippen molar-refractivity contribution >= 4 is 5.91 Å². The lowest BCUT2D eigenvalue weighted by Crippen LogP contribution is -2.31. The second kappa shape index (κ2) is 6.65. The fraction of sp³-hybridized carbons (Fsp3) is 0.200. The van der Waals surface area contributed by atoms with E-state index in [0.717, 1.165) is 11.1 Å². The van der Waals surface area contributed by atoms with Gasteiger partial charge < -0.3 is 15.1 Å². The number of aliphatic hydroxyl groups excluding tert-OH is 1. The Balaban J connectivity index is 1.88. The number of aliphatic hydroxyl groups is 1. The van der Waals surface area contributed by atoms with E-state index in [1.165, 1.54) is 0 Å². The van der Waals surface area contributed by atoms with Crippen LogP contribution in [0, 0.1) is 0 Å². The SMILES string of the molecule is O=C1c2[nH]nc(-c3ccccc3O)c2[C@@H](c2ccccc2)N1CCCO. The van der Waals surface area contributed by atoms with Crippen LogP contribution in [0.5, 0.6) is 5.75 Å². The Morgan fingerprint density at radius 1 is 1.08 bits per heavy atom. The van der Waals surface area contributed by atoms with E-state index >= 15 is 0 Å². The average Bonchev–Trinajstić information content (AvgIpc) is 3.20. The molecule has 3 N–H and O–H groups in total. The molecule has 1 aliphatic rings. The molecule has 1 aromatic heterocycles. The van der Waals surface area contributed by atoms with Gasteiger partial charge in [-0.1, -0.05) is 42.5 Å². The molecule has 2 aromatic carbocycles. The molecule has 3 aromatic rings. The van der Waals surface area contributed by atoms with Gasteiger partial charge in [-0.3, -0.25) is 9.89 Å². The number of H-pyrrole nitrogens is 1. The molecule has 26 heavy (non-hydrogen) atoms. The maximum absolute atomic E-state index is 12.9. The van der Waals surface area contributed by atoms with Crippen LogP contribution >= 0.6 is 0 Å². The Morgan fingerprint density at radius 3 is 2.54 bits per heavy atom. The van der Waals surface area contributed by atoms with E-state index in [1.807, 2.05) is 36.4 Å². The van der Waals surface area contributed by atoms with Crippen LogP contribution in [0.15, 0.2) is 54.6 Å². The van der Waals surface area contributed by atoms with Crippen molar-refractivity contribution in [2.45, 2.75) is 12.5 Å². The summed E-state index contributed by atoms with van der Waals surface area (Å²) in [6.45, 7) is 0.460. The molecule has 4 rings (SSSR count). The van der Waals surface area contributed by atoms with E-state index in [1.54, 1.807) is 23.1 Å². The highest BCUT2D eigenvalue weighted by Crippen LogP contribution is 2.44. The molecule has 6 nitrogen and oxygen atoms in total. The number of phenolic OH excluding ortho intramolecular Hbond substituents is 1. The number of aromatic nitrogens is 2. The Hall–Kier alpha value is -3.12. The number of benzene rings is 2. The molecular formula is C20H19N3O3. The predicted molar refractivity (Wildman–Crippen MR) is 96.7 cm³/mol. The Morgan fingerprint density at radius 2 is 1.81 bits per heavy atom. The number of phenols is 1. The van der Waals surface area contributed by atoms with Crippen LogP contribution in [0.25, 0.3) is 11.3 Å². The summed E-state index contributed by atoms with van der Waals surface area (Å²) in [7, 11) is 0. The molecule has 0 radical (unpaired) electrons. The van der Waals surface area contributed by atoms with Crippen molar-refractivity contribution in [1.82, 2.24) is 15.1 Å². The molecule has 0 unspecified atom stereocenters. The van der Waals surface area contributed by atoms with Crippen molar-refractivity contribution in [3.8, 4) is 17.0 Å². The van der Waals surface area contributed by atoms with Crippen molar-refractivity contribution in [3.63, 3.8) is 0 Å². The summed E-state index contributed by atoms with van der Waals surface area (Å²) in [4.78, 5) is 14.7. The molecule has 0 bridgehead atoms. The summed E-state index contributed by atoms with van der Waals surface area (Å²) >= 11 is 0. The van der Waals surface area contributed by atoms with Gasteiger partial charge in [-0.2, -0.15) is 5.10 Å². The zero-order chi connectivity index (χ0) is 18.1. The minimum atomic E-state index is -0.307. The van der Waals surface area contributed by atoms with Crippen LogP contribution in [0.1, 0.15) is 34.1 Å². The minimum Gasteiger partial charge on any atom is -0.507 e. The number of aromatic hydroxyl groups is 1. The van der Waals surface area contributed by atoms with E-state index in [9.17, 15) is 15.0 Å². The van der Waals surface area contributed by atoms with Gasteiger partial charge in [0.15, 0.2) is 0 Å². The van der Waals surface area contributed by atoms with Crippen molar-refractivity contribution in [1.29, 1.82) is 0 Å². The van der Waals surface area contributed by atoms with Gasteiger partial charge in [-0.25, -0.2) is 0 Å². The van der Waals surface area contributed by atoms with Gasteiger partial charge in [0, 0.05) is 24.3 Å². The van der Waals surface area contributed by atoms with Gasteiger partial charge in [0.05, 0.1) is 6.04 Å². The van der Waals surface area contributed by atoms with Crippen LogP contribution in [-0.4, -0.2) is 44.4 Å². The van der Waals surface area contributed by atoms with Crippen LogP contribution < -0.4 is 0 Å². The lowest BCUT2D eigenvalue weighted by molar-refractivity contribution is 0.0732. The number of amides is 1. The third-order valence-electron chi connectivity index (χ3n) is 4.70. The molecular weight excluding hydrogens is 330 g/mol. The third-order valence-corrected chi connectivity index (χ3v) is 4.70. The zero-order valence-electron chi connectivity index (χ0n) is 14.1. The summed E-state index contributed by atoms with van der Waals surface area (Å²) in [5, 5.41) is 26.7. The minimum absolute atomic E-state index is 0.0177. The van der Waals surface area contributed by atoms with E-state index in [2.05, 4.69) is 10.2 Å². The monoisotopic (exact) mass is 349 g/mol. The molecule has 1 aliphatic heterocycles. The third kappa shape index (κ3) is 2.55. The van der Waals surface area contributed by atoms with Gasteiger partial charge in [0.2, 0.25) is 0 Å². The standard InChI is InChI=1S/C20H19N3O3/c24-12-6-11-23-19(13-7-2-1-3-8-13)16-17(21-22-18(16)20(23)26)14-9-4-5-10-15(14)25/h1-5,7-10,19,24-25H,6,11-12H2,(H,21,22)/t19-/m1/s1. The number of para-hydroxylation sites is 1. The molecule has 0 aliphatic carbocycles. The largest absolute Gasteiger partial charge is 0.507 e. The maximum Gasteiger partial charge on any atom is 0.273 e. The number of hydrogen-bond donors (Lipinski definition) is 3. The van der Waals surface area contributed by atoms with Gasteiger partial charge in [-0.15, -0.1) is 0 Å². The van der Waals surface area contributed by atoms with Crippen LogP contribution in [0.2, 0.25) is 0 Å². The summed E-state index contributed by atoms with van der Waals surface area (Å²) in [6.07, 6.45) is 0.499. The average molecular weight is 349 g/mol. The number of rotatable bonds is 5. The molecule has 2 heterocycles. The van der Waals surface area contributed by atoms with Crippen LogP contribution in [0.3, 0.4) is 0 Å². The molecule has 0 saturated carbocycles. The van der Waals surface area contributed by atoms with E-state index in [0.29, 0.717) is 29.9 Å². The summed E-state index contributed by atoms with van der Waals surface area (Å²) in [5.74, 6) is -0.0219. The highest BCUT2D eigenvalue weighted by Gasteiger charge is 2.42. The number of hydrogen-bond acceptors (Lipinski definition) is 4. The predicted octanol–water partition coefficient (Wildman–Crippen LogP) is 2.71. The first-order valence-corrected chi connectivity index (χ1v) is 8.55. The topological polar surface area (TPSA) is 89.5 Å². The number of nitrogens with zero attached hydrogens (tertiary/aromatic N) is 2. The van der Waals surface area contributed by atoms with E-state index in [-0.39, 0.29) is 24.3 Å². The molecule has 6 heteroatoms. The first-order valence-electron chi connectivity index (χ1n) is 8.55. The van der Waals surface area contributed by atoms with Crippen LogP contribution in [0.4, 0.5) is 0 Å². The maximum atomic E-state index is 12.9. The smallest absolute Gasteiger partial charge is 0.273 e. The molecule has 132 valence electrons. The highest BCUT2D eigenvalue weighted by molar-refractivity contribution is 6.00. The van der Waals surface area contributed by atoms with Gasteiger partial charge in [0.1, 0.15) is 17.1 Å². The number of carbonyl (C=O) groups excluding carboxylic acids is 1. The number of aromatic amines is 1. The van der Waals surface area contributed by atoms with E-state index in [4.69, 9.17) is 0 Å². The number of carbonyl (C=O) groups is 1. The Kier molecular flexibility index (Phi) is 4.18. The van der Waals surface area contributed by atoms with Gasteiger partial charge >= 0.3 is 0 Å². The molecule has 0 fully saturated rings. The van der Waals surface area contributed by atoms with Crippen molar-refractivity contribution in [2.75, 3.05) is 13.2 Å². The first kappa shape index (κ1) is 16.4. The number of nitrogens with one attached hydrogen (secondary N) is 1. The normalized spacial score (nSPS) is 16.1. The van der Waals surface area contributed by atoms with Gasteiger partial charge in [-0.05, 0) is 24.1 Å². The molecule has 1 amide bonds. The van der Waals surface area contributed by atoms with Crippen molar-refractivity contribution in [2.24, 2.45) is 0 Å². The second-order valence-electron chi connectivity index (χ2n) is 6.27. The zero-order valence-corrected chi connectivity index (χ0v) is 14.1. The lowest BCUT2D eigenvalue weighted by atomic mass is 9.96. The van der Waals surface area contributed by atoms with Crippen molar-refractivity contribution < 1.29 is 15.0 Å². The molecule has 0 saturated heterocycles. The Labute approximate surface area is 150 Å². The lowest BCUT2D eigenvalue weighted by Gasteiger charge is -2.26. The highest BCUT2D eigenvalue weighted by atomic mass is 16.3. The first-order chi connectivity index (χ1) is 12.7. The van der Waals surface area contributed by atoms with Crippen molar-refractivity contribution in [3.05, 3.63) is 71.4 Å². The number of fused-ring (bicyclic) bond motifs is 1. The van der Waals surface area contributed by atoms with E-state index < -0.39 is 0 Å². The summed E-state index contributed by atoms with van der Waals surface area (Å²) in [6, 6.07) is 16.4.